The summed E-state index contributed by atoms with van der Waals surface area (Å²) >= 11 is 6.10. The molecule has 0 aliphatic carbocycles. The van der Waals surface area contributed by atoms with Crippen LogP contribution in [0.25, 0.3) is 0 Å². The summed E-state index contributed by atoms with van der Waals surface area (Å²) in [6.07, 6.45) is 0. The Morgan fingerprint density at radius 2 is 1.63 bits per heavy atom. The lowest BCUT2D eigenvalue weighted by Crippen LogP contribution is -2.39. The van der Waals surface area contributed by atoms with Gasteiger partial charge in [0.15, 0.2) is 11.5 Å². The first-order valence-electron chi connectivity index (χ1n) is 10.3. The average molecular weight is 420 g/mol. The number of anilines is 1. The van der Waals surface area contributed by atoms with E-state index in [1.54, 1.807) is 0 Å². The van der Waals surface area contributed by atoms with Gasteiger partial charge >= 0.3 is 0 Å². The molecule has 1 saturated heterocycles. The van der Waals surface area contributed by atoms with E-state index in [2.05, 4.69) is 70.3 Å². The van der Waals surface area contributed by atoms with Gasteiger partial charge in [-0.1, -0.05) is 54.1 Å². The smallest absolute Gasteiger partial charge is 0.231 e. The number of halogens is 1. The molecule has 3 aromatic rings. The van der Waals surface area contributed by atoms with Gasteiger partial charge in [0.25, 0.3) is 0 Å². The van der Waals surface area contributed by atoms with Gasteiger partial charge in [-0.15, -0.1) is 0 Å². The van der Waals surface area contributed by atoms with E-state index < -0.39 is 0 Å². The van der Waals surface area contributed by atoms with Gasteiger partial charge in [0.2, 0.25) is 6.79 Å². The Balaban J connectivity index is 1.40. The van der Waals surface area contributed by atoms with Gasteiger partial charge in [0.1, 0.15) is 0 Å². The number of benzene rings is 3. The van der Waals surface area contributed by atoms with Crippen molar-refractivity contribution in [1.82, 2.24) is 10.9 Å². The molecular formula is C24H22ClN3O2. The van der Waals surface area contributed by atoms with Crippen LogP contribution in [0.2, 0.25) is 5.02 Å². The number of nitrogens with one attached hydrogen (secondary N) is 2. The lowest BCUT2D eigenvalue weighted by Gasteiger charge is -2.39. The van der Waals surface area contributed by atoms with Crippen molar-refractivity contribution in [1.29, 1.82) is 0 Å². The molecule has 5 nitrogen and oxygen atoms in total. The maximum atomic E-state index is 6.10. The highest BCUT2D eigenvalue weighted by Crippen LogP contribution is 2.49. The van der Waals surface area contributed by atoms with Gasteiger partial charge in [-0.25, -0.2) is 10.9 Å². The van der Waals surface area contributed by atoms with Crippen LogP contribution in [0.3, 0.4) is 0 Å². The summed E-state index contributed by atoms with van der Waals surface area (Å²) < 4.78 is 11.4. The van der Waals surface area contributed by atoms with Crippen LogP contribution in [-0.2, 0) is 6.54 Å². The van der Waals surface area contributed by atoms with Crippen LogP contribution < -0.4 is 25.2 Å². The van der Waals surface area contributed by atoms with E-state index in [0.717, 1.165) is 29.6 Å². The minimum absolute atomic E-state index is 0.209. The molecule has 0 aromatic heterocycles. The van der Waals surface area contributed by atoms with Crippen molar-refractivity contribution in [3.63, 3.8) is 0 Å². The summed E-state index contributed by atoms with van der Waals surface area (Å²) in [6.45, 7) is 2.02. The van der Waals surface area contributed by atoms with Gasteiger partial charge in [0.05, 0.1) is 12.1 Å². The fourth-order valence-corrected chi connectivity index (χ4v) is 5.00. The van der Waals surface area contributed by atoms with E-state index in [0.29, 0.717) is 5.92 Å². The molecule has 3 atom stereocenters. The molecule has 3 unspecified atom stereocenters. The topological polar surface area (TPSA) is 45.8 Å². The Hall–Kier alpha value is -2.73. The number of ether oxygens (including phenoxy) is 2. The zero-order valence-electron chi connectivity index (χ0n) is 16.3. The Kier molecular flexibility index (Phi) is 4.34. The molecule has 0 radical (unpaired) electrons. The van der Waals surface area contributed by atoms with Crippen molar-refractivity contribution < 1.29 is 9.47 Å². The third-order valence-electron chi connectivity index (χ3n) is 6.32. The molecule has 3 aromatic carbocycles. The van der Waals surface area contributed by atoms with Crippen molar-refractivity contribution >= 4 is 17.3 Å². The van der Waals surface area contributed by atoms with Gasteiger partial charge < -0.3 is 14.4 Å². The lowest BCUT2D eigenvalue weighted by molar-refractivity contribution is 0.174. The minimum atomic E-state index is 0.209. The predicted molar refractivity (Wildman–Crippen MR) is 117 cm³/mol. The zero-order valence-corrected chi connectivity index (χ0v) is 17.1. The summed E-state index contributed by atoms with van der Waals surface area (Å²) in [4.78, 5) is 2.45. The first-order valence-corrected chi connectivity index (χ1v) is 10.6. The largest absolute Gasteiger partial charge is 0.454 e. The fourth-order valence-electron chi connectivity index (χ4n) is 4.88. The maximum Gasteiger partial charge on any atom is 0.231 e. The molecular weight excluding hydrogens is 398 g/mol. The van der Waals surface area contributed by atoms with Crippen LogP contribution in [0.4, 0.5) is 5.69 Å². The summed E-state index contributed by atoms with van der Waals surface area (Å²) in [6, 6.07) is 23.5. The van der Waals surface area contributed by atoms with E-state index in [-0.39, 0.29) is 18.9 Å². The number of hydrazine groups is 1. The maximum absolute atomic E-state index is 6.10. The second kappa shape index (κ2) is 7.20. The highest BCUT2D eigenvalue weighted by molar-refractivity contribution is 6.30. The summed E-state index contributed by atoms with van der Waals surface area (Å²) in [5, 5.41) is 0.759. The molecule has 30 heavy (non-hydrogen) atoms. The van der Waals surface area contributed by atoms with Gasteiger partial charge in [-0.3, -0.25) is 0 Å². The Labute approximate surface area is 180 Å². The normalized spacial score (nSPS) is 23.9. The molecule has 152 valence electrons. The Bertz CT molecular complexity index is 1070. The van der Waals surface area contributed by atoms with E-state index >= 15 is 0 Å². The fraction of sp³-hybridized carbons (Fsp3) is 0.250. The third-order valence-corrected chi connectivity index (χ3v) is 6.58. The minimum Gasteiger partial charge on any atom is -0.454 e. The monoisotopic (exact) mass is 419 g/mol. The van der Waals surface area contributed by atoms with Gasteiger partial charge in [0, 0.05) is 35.8 Å². The number of hydrogen-bond donors (Lipinski definition) is 2. The quantitative estimate of drug-likeness (QED) is 0.649. The molecule has 0 bridgehead atoms. The highest BCUT2D eigenvalue weighted by Gasteiger charge is 2.44. The SMILES string of the molecule is Clc1ccc(CN2CC3C(c4ccccc4)NNC3c3cc4c(cc32)OCO4)cc1. The molecule has 0 amide bonds. The number of hydrogen-bond acceptors (Lipinski definition) is 5. The van der Waals surface area contributed by atoms with E-state index in [4.69, 9.17) is 21.1 Å². The van der Waals surface area contributed by atoms with Crippen LogP contribution in [0, 0.1) is 5.92 Å². The molecule has 3 aliphatic heterocycles. The second-order valence-electron chi connectivity index (χ2n) is 8.09. The molecule has 3 aliphatic rings. The molecule has 3 heterocycles. The number of rotatable bonds is 3. The van der Waals surface area contributed by atoms with Crippen LogP contribution in [-0.4, -0.2) is 13.3 Å². The molecule has 0 spiro atoms. The van der Waals surface area contributed by atoms with E-state index in [1.165, 1.54) is 22.4 Å². The second-order valence-corrected chi connectivity index (χ2v) is 8.53. The van der Waals surface area contributed by atoms with Crippen molar-refractivity contribution in [2.75, 3.05) is 18.2 Å². The van der Waals surface area contributed by atoms with Gasteiger partial charge in [-0.2, -0.15) is 0 Å². The summed E-state index contributed by atoms with van der Waals surface area (Å²) in [5.41, 5.74) is 12.1. The molecule has 6 rings (SSSR count). The van der Waals surface area contributed by atoms with E-state index in [9.17, 15) is 0 Å². The Morgan fingerprint density at radius 3 is 2.43 bits per heavy atom. The van der Waals surface area contributed by atoms with Crippen LogP contribution in [0.1, 0.15) is 28.8 Å². The third kappa shape index (κ3) is 3.01. The molecule has 0 saturated carbocycles. The average Bonchev–Trinajstić information content (AvgIpc) is 3.41. The predicted octanol–water partition coefficient (Wildman–Crippen LogP) is 4.60. The first-order chi connectivity index (χ1) is 14.8. The first kappa shape index (κ1) is 18.1. The van der Waals surface area contributed by atoms with E-state index in [1.807, 2.05) is 12.1 Å². The highest BCUT2D eigenvalue weighted by atomic mass is 35.5. The summed E-state index contributed by atoms with van der Waals surface area (Å²) in [5.74, 6) is 2.03. The van der Waals surface area contributed by atoms with Crippen LogP contribution >= 0.6 is 11.6 Å². The van der Waals surface area contributed by atoms with Crippen LogP contribution in [0.15, 0.2) is 66.7 Å². The standard InChI is InChI=1S/C24H22ClN3O2/c25-17-8-6-15(7-9-17)12-28-13-19-23(16-4-2-1-3-5-16)26-27-24(19)18-10-21-22(11-20(18)28)30-14-29-21/h1-11,19,23-24,26-27H,12-14H2. The zero-order chi connectivity index (χ0) is 20.1. The number of fused-ring (bicyclic) bond motifs is 4. The van der Waals surface area contributed by atoms with Crippen molar-refractivity contribution in [2.45, 2.75) is 18.6 Å². The van der Waals surface area contributed by atoms with Gasteiger partial charge in [-0.05, 0) is 34.9 Å². The van der Waals surface area contributed by atoms with Crippen molar-refractivity contribution in [2.24, 2.45) is 5.92 Å². The van der Waals surface area contributed by atoms with Crippen molar-refractivity contribution in [3.05, 3.63) is 88.4 Å². The molecule has 1 fully saturated rings. The number of nitrogens with zero attached hydrogens (tertiary/aromatic N) is 1. The Morgan fingerprint density at radius 1 is 0.900 bits per heavy atom. The molecule has 2 N–H and O–H groups in total. The summed E-state index contributed by atoms with van der Waals surface area (Å²) in [7, 11) is 0. The van der Waals surface area contributed by atoms with Crippen molar-refractivity contribution in [3.8, 4) is 11.5 Å². The van der Waals surface area contributed by atoms with Crippen LogP contribution in [0.5, 0.6) is 11.5 Å². The lowest BCUT2D eigenvalue weighted by atomic mass is 9.81. The molecule has 6 heteroatoms.